The Morgan fingerprint density at radius 3 is 1.22 bits per heavy atom. The first-order valence-electron chi connectivity index (χ1n) is 28.8. The number of benzene rings is 3. The Kier molecular flexibility index (Phi) is 24.7. The summed E-state index contributed by atoms with van der Waals surface area (Å²) in [6.45, 7) is 6.66. The fourth-order valence-corrected chi connectivity index (χ4v) is 11.9. The Labute approximate surface area is 558 Å². The third kappa shape index (κ3) is 15.0. The molecular weight excluding hydrogens is 1530 g/mol. The average molecular weight is 1580 g/mol. The van der Waals surface area contributed by atoms with Gasteiger partial charge in [0, 0.05) is 43.1 Å². The van der Waals surface area contributed by atoms with E-state index in [0.717, 1.165) is 47.2 Å². The van der Waals surface area contributed by atoms with Crippen molar-refractivity contribution >= 4 is 8.53 Å². The summed E-state index contributed by atoms with van der Waals surface area (Å²) < 4.78 is 509. The van der Waals surface area contributed by atoms with Crippen molar-refractivity contribution in [2.45, 2.75) is 205 Å². The molecular formula is C58H51F34N4O6P. The summed E-state index contributed by atoms with van der Waals surface area (Å²) in [6.07, 6.45) is -29.9. The first kappa shape index (κ1) is 87.3. The minimum Gasteiger partial charge on any atom is -0.358 e. The van der Waals surface area contributed by atoms with Crippen molar-refractivity contribution in [3.63, 3.8) is 0 Å². The largest absolute Gasteiger partial charge is 0.460 e. The number of aromatic nitrogens is 2. The van der Waals surface area contributed by atoms with Gasteiger partial charge in [0.05, 0.1) is 31.8 Å². The molecule has 1 fully saturated rings. The number of nitriles is 1. The maximum absolute atomic E-state index is 15.3. The summed E-state index contributed by atoms with van der Waals surface area (Å²) in [5, 5.41) is 9.34. The maximum atomic E-state index is 15.3. The summed E-state index contributed by atoms with van der Waals surface area (Å²) in [4.78, 5) is 27.8. The minimum absolute atomic E-state index is 0.105. The van der Waals surface area contributed by atoms with Crippen molar-refractivity contribution in [1.29, 1.82) is 5.26 Å². The van der Waals surface area contributed by atoms with E-state index in [-0.39, 0.29) is 24.2 Å². The SMILES string of the molecule is Cc1cn([C@H]2C[C@H](OP(OCCC#N)N(C(C)C)C(C)C)[C@@H](COC(c3ccccc3)(c3ccc(CCC(F)(F)C(F)(F)C(F)(F)C(F)(F)C(F)(F)C(F)(F)C(F)(F)C(F)(F)F)cc3)c3ccc(CCC(F)(F)C(F)(F)C(F)(F)C(F)(F)C(F)(F)C(F)(F)C(F)(F)C(F)(F)F)cc3)O2)c(=O)[nH]c1=O. The summed E-state index contributed by atoms with van der Waals surface area (Å²) in [5.74, 6) is -118. The second-order valence-corrected chi connectivity index (χ2v) is 25.0. The Morgan fingerprint density at radius 1 is 0.524 bits per heavy atom. The zero-order chi connectivity index (χ0) is 79.5. The fourth-order valence-electron chi connectivity index (χ4n) is 10.1. The van der Waals surface area contributed by atoms with E-state index >= 15 is 35.1 Å². The van der Waals surface area contributed by atoms with Crippen LogP contribution >= 0.6 is 8.53 Å². The van der Waals surface area contributed by atoms with Crippen LogP contribution in [0.1, 0.15) is 93.0 Å². The Hall–Kier alpha value is -6.32. The normalized spacial score (nSPS) is 18.0. The van der Waals surface area contributed by atoms with Crippen LogP contribution in [0.2, 0.25) is 0 Å². The van der Waals surface area contributed by atoms with Crippen LogP contribution in [0.25, 0.3) is 0 Å². The topological polar surface area (TPSA) is 119 Å². The molecule has 1 N–H and O–H groups in total. The first-order chi connectivity index (χ1) is 46.3. The molecule has 0 spiro atoms. The molecule has 103 heavy (non-hydrogen) atoms. The number of nitrogens with zero attached hydrogens (tertiary/aromatic N) is 3. The van der Waals surface area contributed by atoms with Crippen LogP contribution in [0, 0.1) is 18.3 Å². The van der Waals surface area contributed by atoms with Crippen molar-refractivity contribution in [2.75, 3.05) is 13.2 Å². The molecule has 10 nitrogen and oxygen atoms in total. The van der Waals surface area contributed by atoms with Crippen LogP contribution in [0.5, 0.6) is 0 Å². The number of aromatic amines is 1. The smallest absolute Gasteiger partial charge is 0.358 e. The van der Waals surface area contributed by atoms with Crippen LogP contribution in [-0.4, -0.2) is 147 Å². The number of aryl methyl sites for hydroxylation is 3. The lowest BCUT2D eigenvalue weighted by Crippen LogP contribution is -2.74. The van der Waals surface area contributed by atoms with E-state index in [9.17, 15) is 129 Å². The van der Waals surface area contributed by atoms with Gasteiger partial charge < -0.3 is 18.5 Å². The third-order valence-corrected chi connectivity index (χ3v) is 18.1. The quantitative estimate of drug-likeness (QED) is 0.0217. The Balaban J connectivity index is 1.68. The number of alkyl halides is 34. The lowest BCUT2D eigenvalue weighted by Gasteiger charge is -2.42. The molecule has 0 bridgehead atoms. The molecule has 2 heterocycles. The molecule has 3 aromatic carbocycles. The van der Waals surface area contributed by atoms with Gasteiger partial charge in [-0.1, -0.05) is 78.9 Å². The van der Waals surface area contributed by atoms with Crippen molar-refractivity contribution < 1.29 is 168 Å². The van der Waals surface area contributed by atoms with E-state index in [0.29, 0.717) is 24.3 Å². The van der Waals surface area contributed by atoms with Gasteiger partial charge in [-0.3, -0.25) is 14.3 Å². The number of rotatable bonds is 33. The van der Waals surface area contributed by atoms with Crippen molar-refractivity contribution in [1.82, 2.24) is 14.2 Å². The van der Waals surface area contributed by atoms with Gasteiger partial charge in [-0.2, -0.15) is 155 Å². The summed E-state index contributed by atoms with van der Waals surface area (Å²) in [5.41, 5.74) is -7.63. The molecule has 1 unspecified atom stereocenters. The van der Waals surface area contributed by atoms with Crippen LogP contribution in [0.3, 0.4) is 0 Å². The van der Waals surface area contributed by atoms with E-state index < -0.39 is 212 Å². The highest BCUT2D eigenvalue weighted by Gasteiger charge is 2.97. The number of hydrogen-bond donors (Lipinski definition) is 1. The molecule has 1 aromatic heterocycles. The number of nitrogens with one attached hydrogen (secondary N) is 1. The highest BCUT2D eigenvalue weighted by atomic mass is 31.2. The van der Waals surface area contributed by atoms with Crippen LogP contribution in [-0.2, 0) is 37.0 Å². The molecule has 4 atom stereocenters. The summed E-state index contributed by atoms with van der Waals surface area (Å²) in [6, 6.07) is 12.0. The molecule has 582 valence electrons. The van der Waals surface area contributed by atoms with Gasteiger partial charge in [-0.05, 0) is 75.3 Å². The Morgan fingerprint density at radius 2 is 0.874 bits per heavy atom. The lowest BCUT2D eigenvalue weighted by atomic mass is 9.79. The van der Waals surface area contributed by atoms with E-state index in [1.54, 1.807) is 32.4 Å². The molecule has 5 rings (SSSR count). The first-order valence-corrected chi connectivity index (χ1v) is 30.0. The third-order valence-electron chi connectivity index (χ3n) is 15.9. The standard InChI is InChI=1S/C58H51F34N4O6P/c1-29(2)96(30(3)4)103(100-25-9-24-93)102-37-26-39(95-27-31(5)40(97)94-41(95)98)101-38(37)28-99-44(34-10-7-6-8-11-34,35-16-12-32(13-17-35)20-22-42(59,60)45(63,64)47(67,68)49(71,72)51(75,76)53(79,80)55(83,84)57(87,88)89)36-18-14-33(15-19-36)21-23-43(61,62)46(65,66)48(69,70)50(73,74)52(77,78)54(81,82)56(85,86)58(90,91)92/h6-8,10-19,27,29-30,37-39H,9,20-23,25-26,28H2,1-5H3,(H,94,97,98)/t37-,38+,39+,103?/m0/s1. The lowest BCUT2D eigenvalue weighted by molar-refractivity contribution is -0.461. The fraction of sp³-hybridized carbons (Fsp3) is 0.603. The monoisotopic (exact) mass is 1580 g/mol. The van der Waals surface area contributed by atoms with Gasteiger partial charge in [0.2, 0.25) is 0 Å². The zero-order valence-corrected chi connectivity index (χ0v) is 53.1. The van der Waals surface area contributed by atoms with Gasteiger partial charge >= 0.3 is 101 Å². The van der Waals surface area contributed by atoms with E-state index in [1.165, 1.54) is 25.1 Å². The predicted molar refractivity (Wildman–Crippen MR) is 288 cm³/mol. The molecule has 1 aliphatic rings. The van der Waals surface area contributed by atoms with Crippen LogP contribution in [0.4, 0.5) is 149 Å². The van der Waals surface area contributed by atoms with Crippen LogP contribution < -0.4 is 11.2 Å². The predicted octanol–water partition coefficient (Wildman–Crippen LogP) is 18.7. The molecule has 4 aromatic rings. The second-order valence-electron chi connectivity index (χ2n) is 23.6. The molecule has 45 heteroatoms. The van der Waals surface area contributed by atoms with E-state index in [4.69, 9.17) is 18.5 Å². The average Bonchev–Trinajstić information content (AvgIpc) is 0.880. The second kappa shape index (κ2) is 29.1. The minimum atomic E-state index is -8.94. The van der Waals surface area contributed by atoms with Gasteiger partial charge in [-0.25, -0.2) is 9.46 Å². The van der Waals surface area contributed by atoms with Crippen LogP contribution in [0.15, 0.2) is 94.6 Å². The van der Waals surface area contributed by atoms with E-state index in [2.05, 4.69) is 0 Å². The molecule has 0 aliphatic carbocycles. The van der Waals surface area contributed by atoms with Gasteiger partial charge in [-0.15, -0.1) is 0 Å². The van der Waals surface area contributed by atoms with Gasteiger partial charge in [0.25, 0.3) is 14.1 Å². The van der Waals surface area contributed by atoms with Gasteiger partial charge in [0.1, 0.15) is 17.9 Å². The number of ether oxygens (including phenoxy) is 2. The van der Waals surface area contributed by atoms with Gasteiger partial charge in [0.15, 0.2) is 0 Å². The zero-order valence-electron chi connectivity index (χ0n) is 52.2. The Bertz CT molecular complexity index is 3550. The highest BCUT2D eigenvalue weighted by Crippen LogP contribution is 2.67. The number of hydrogen-bond acceptors (Lipinski definition) is 8. The molecule has 1 aliphatic heterocycles. The summed E-state index contributed by atoms with van der Waals surface area (Å²) in [7, 11) is -2.35. The maximum Gasteiger partial charge on any atom is 0.460 e. The summed E-state index contributed by atoms with van der Waals surface area (Å²) >= 11 is 0. The van der Waals surface area contributed by atoms with Crippen molar-refractivity contribution in [3.8, 4) is 6.07 Å². The number of halogens is 34. The van der Waals surface area contributed by atoms with E-state index in [1.807, 2.05) is 11.1 Å². The molecule has 0 saturated carbocycles. The highest BCUT2D eigenvalue weighted by molar-refractivity contribution is 7.44. The van der Waals surface area contributed by atoms with Crippen molar-refractivity contribution in [3.05, 3.63) is 139 Å². The molecule has 0 amide bonds. The molecule has 1 saturated heterocycles. The van der Waals surface area contributed by atoms with Crippen molar-refractivity contribution in [2.24, 2.45) is 0 Å². The molecule has 0 radical (unpaired) electrons. The number of H-pyrrole nitrogens is 1.